The number of carbonyl (C=O) groups excluding carboxylic acids is 1. The molecule has 0 aromatic carbocycles. The van der Waals surface area contributed by atoms with Crippen molar-refractivity contribution in [1.29, 1.82) is 0 Å². The third-order valence-corrected chi connectivity index (χ3v) is 21.6. The molecule has 0 radical (unpaired) electrons. The fourth-order valence-electron chi connectivity index (χ4n) is 16.8. The summed E-state index contributed by atoms with van der Waals surface area (Å²) in [6.45, 7) is 15.4. The molecule has 442 valence electrons. The zero-order chi connectivity index (χ0) is 56.1. The quantitative estimate of drug-likeness (QED) is 0.0534. The molecule has 12 N–H and O–H groups in total. The predicted molar refractivity (Wildman–Crippen MR) is 266 cm³/mol. The maximum Gasteiger partial charge on any atom is 0.302 e. The molecule has 77 heavy (non-hydrogen) atoms. The maximum absolute atomic E-state index is 11.8. The van der Waals surface area contributed by atoms with Gasteiger partial charge in [0.15, 0.2) is 25.2 Å². The van der Waals surface area contributed by atoms with Gasteiger partial charge in [0, 0.05) is 6.92 Å². The molecule has 9 aliphatic rings. The van der Waals surface area contributed by atoms with Crippen molar-refractivity contribution >= 4 is 5.97 Å². The van der Waals surface area contributed by atoms with E-state index in [0.29, 0.717) is 24.2 Å². The van der Waals surface area contributed by atoms with Crippen molar-refractivity contribution in [3.8, 4) is 0 Å². The summed E-state index contributed by atoms with van der Waals surface area (Å²) in [5.74, 6) is 0.663. The Morgan fingerprint density at radius 3 is 1.91 bits per heavy atom. The number of hydrogen-bond acceptors (Lipinski definition) is 22. The van der Waals surface area contributed by atoms with Gasteiger partial charge in [-0.15, -0.1) is 0 Å². The molecule has 5 saturated carbocycles. The summed E-state index contributed by atoms with van der Waals surface area (Å²) >= 11 is 0. The van der Waals surface area contributed by atoms with Crippen LogP contribution >= 0.6 is 0 Å². The molecule has 4 saturated heterocycles. The Hall–Kier alpha value is -1.59. The van der Waals surface area contributed by atoms with Crippen molar-refractivity contribution in [2.45, 2.75) is 249 Å². The van der Waals surface area contributed by atoms with E-state index in [1.807, 2.05) is 13.0 Å². The van der Waals surface area contributed by atoms with Crippen LogP contribution in [0.2, 0.25) is 0 Å². The van der Waals surface area contributed by atoms with E-state index in [-0.39, 0.29) is 58.9 Å². The first-order valence-corrected chi connectivity index (χ1v) is 28.2. The standard InChI is InChI=1S/C55H90O22/c1-24(19-70-48-43(66)39(62)37(60)31(74-48)21-69-27(4)56)9-10-29(57)25(2)28-13-15-53(8)34-12-11-33-51(5,6)35(14-16-54(33)23-55(34,54)18-17-52(28,53)7)76-49-45(68)41(64)46(26(3)73-49)77-50-44(67)40(63)38(61)32(75-50)22-72-47-42(65)36(59)30(58)20-71-47/h9,25-26,28-50,57-68H,10-23H2,1-8H3/b24-9-/t25-,26+,28+,29-,30-,31+,32+,33-,34-,35-,36-,37+,38+,39-,40-,41+,42+,43+,44+,45+,46-,47-,48+,49-,50-,52+,53-,54+,55-/m0/s1. The molecular weight excluding hydrogens is 1010 g/mol. The van der Waals surface area contributed by atoms with E-state index in [9.17, 15) is 66.1 Å². The lowest BCUT2D eigenvalue weighted by molar-refractivity contribution is -0.367. The Balaban J connectivity index is 0.781. The molecule has 0 aromatic heterocycles. The largest absolute Gasteiger partial charge is 0.463 e. The Morgan fingerprint density at radius 1 is 0.623 bits per heavy atom. The molecule has 9 fully saturated rings. The normalized spacial score (nSPS) is 52.3. The zero-order valence-corrected chi connectivity index (χ0v) is 45.9. The van der Waals surface area contributed by atoms with E-state index in [1.165, 1.54) is 13.3 Å². The van der Waals surface area contributed by atoms with Gasteiger partial charge in [0.05, 0.1) is 38.1 Å². The van der Waals surface area contributed by atoms with E-state index in [2.05, 4.69) is 34.6 Å². The molecular formula is C55H90O22. The SMILES string of the molecule is CC(=O)OC[C@H]1O[C@@H](OC/C(C)=C\C[C@H](O)[C@@H](C)[C@H]2CC[C@@]3(C)[C@@H]4CC[C@H]5C(C)(C)[C@@H](O[C@@H]6O[C@H](C)[C@H](O[C@@H]7O[C@H](CO[C@@H]8OC[C@H](O)[C@H](O)[C@H]8O)[C@@H](O)[C@H](O)[C@H]7O)[C@H](O)[C@H]6O)CC[C@@]56C[C@@]46CC[C@]23C)[C@H](O)[C@@H](O)[C@@H]1O. The highest BCUT2D eigenvalue weighted by atomic mass is 16.8. The Morgan fingerprint density at radius 2 is 1.22 bits per heavy atom. The van der Waals surface area contributed by atoms with E-state index in [0.717, 1.165) is 56.9 Å². The summed E-state index contributed by atoms with van der Waals surface area (Å²) in [6, 6.07) is 0. The molecule has 0 bridgehead atoms. The van der Waals surface area contributed by atoms with Gasteiger partial charge in [-0.05, 0) is 129 Å². The number of aliphatic hydroxyl groups excluding tert-OH is 12. The van der Waals surface area contributed by atoms with Crippen LogP contribution in [0.4, 0.5) is 0 Å². The van der Waals surface area contributed by atoms with E-state index in [4.69, 9.17) is 42.6 Å². The first-order valence-electron chi connectivity index (χ1n) is 28.2. The molecule has 5 aliphatic carbocycles. The van der Waals surface area contributed by atoms with Gasteiger partial charge in [-0.1, -0.05) is 46.3 Å². The second-order valence-electron chi connectivity index (χ2n) is 25.9. The number of rotatable bonds is 16. The van der Waals surface area contributed by atoms with Crippen molar-refractivity contribution in [2.75, 3.05) is 26.4 Å². The Kier molecular flexibility index (Phi) is 17.6. The topological polar surface area (TPSA) is 343 Å². The highest BCUT2D eigenvalue weighted by molar-refractivity contribution is 5.65. The number of aliphatic hydroxyl groups is 12. The first kappa shape index (κ1) is 60.0. The van der Waals surface area contributed by atoms with Crippen molar-refractivity contribution in [2.24, 2.45) is 50.7 Å². The van der Waals surface area contributed by atoms with Gasteiger partial charge in [0.25, 0.3) is 0 Å². The average Bonchev–Trinajstić information content (AvgIpc) is 2.75. The van der Waals surface area contributed by atoms with Crippen molar-refractivity contribution in [1.82, 2.24) is 0 Å². The molecule has 29 atom stereocenters. The van der Waals surface area contributed by atoms with E-state index in [1.54, 1.807) is 6.92 Å². The first-order chi connectivity index (χ1) is 36.1. The minimum Gasteiger partial charge on any atom is -0.463 e. The molecule has 4 aliphatic heterocycles. The predicted octanol–water partition coefficient (Wildman–Crippen LogP) is -0.354. The van der Waals surface area contributed by atoms with Crippen LogP contribution in [0.15, 0.2) is 11.6 Å². The highest BCUT2D eigenvalue weighted by Crippen LogP contribution is 2.89. The number of hydrogen-bond donors (Lipinski definition) is 12. The van der Waals surface area contributed by atoms with Crippen LogP contribution in [0.25, 0.3) is 0 Å². The molecule has 4 heterocycles. The molecule has 0 unspecified atom stereocenters. The molecule has 22 nitrogen and oxygen atoms in total. The third-order valence-electron chi connectivity index (χ3n) is 21.6. The molecule has 2 spiro atoms. The van der Waals surface area contributed by atoms with E-state index >= 15 is 0 Å². The fourth-order valence-corrected chi connectivity index (χ4v) is 16.8. The number of ether oxygens (including phenoxy) is 9. The van der Waals surface area contributed by atoms with Crippen LogP contribution in [0.5, 0.6) is 0 Å². The summed E-state index contributed by atoms with van der Waals surface area (Å²) in [7, 11) is 0. The third kappa shape index (κ3) is 10.4. The van der Waals surface area contributed by atoms with Crippen LogP contribution in [0, 0.1) is 50.7 Å². The lowest BCUT2D eigenvalue weighted by Gasteiger charge is -2.63. The second kappa shape index (κ2) is 22.5. The van der Waals surface area contributed by atoms with Gasteiger partial charge >= 0.3 is 5.97 Å². The smallest absolute Gasteiger partial charge is 0.302 e. The monoisotopic (exact) mass is 1100 g/mol. The van der Waals surface area contributed by atoms with E-state index < -0.39 is 135 Å². The minimum atomic E-state index is -1.78. The maximum atomic E-state index is 11.8. The van der Waals surface area contributed by atoms with Gasteiger partial charge in [0.2, 0.25) is 0 Å². The molecule has 0 aromatic rings. The summed E-state index contributed by atoms with van der Waals surface area (Å²) in [4.78, 5) is 11.3. The van der Waals surface area contributed by atoms with Crippen molar-refractivity contribution < 1.29 is 109 Å². The Bertz CT molecular complexity index is 2080. The van der Waals surface area contributed by atoms with Gasteiger partial charge in [-0.3, -0.25) is 4.79 Å². The Labute approximate surface area is 450 Å². The lowest BCUT2D eigenvalue weighted by atomic mass is 9.41. The van der Waals surface area contributed by atoms with Gasteiger partial charge in [-0.25, -0.2) is 0 Å². The van der Waals surface area contributed by atoms with Gasteiger partial charge < -0.3 is 104 Å². The van der Waals surface area contributed by atoms with Crippen LogP contribution in [-0.2, 0) is 47.4 Å². The van der Waals surface area contributed by atoms with Gasteiger partial charge in [0.1, 0.15) is 92.1 Å². The number of fused-ring (bicyclic) bond motifs is 2. The lowest BCUT2D eigenvalue weighted by Crippen LogP contribution is -2.64. The number of carbonyl (C=O) groups is 1. The summed E-state index contributed by atoms with van der Waals surface area (Å²) in [6.07, 6.45) is -16.7. The van der Waals surface area contributed by atoms with Crippen molar-refractivity contribution in [3.63, 3.8) is 0 Å². The fraction of sp³-hybridized carbons (Fsp3) is 0.945. The summed E-state index contributed by atoms with van der Waals surface area (Å²) < 4.78 is 52.0. The van der Waals surface area contributed by atoms with Crippen LogP contribution in [-0.4, -0.2) is 223 Å². The highest BCUT2D eigenvalue weighted by Gasteiger charge is 2.82. The molecule has 22 heteroatoms. The van der Waals surface area contributed by atoms with Crippen LogP contribution in [0.1, 0.15) is 120 Å². The average molecular weight is 1100 g/mol. The summed E-state index contributed by atoms with van der Waals surface area (Å²) in [5, 5.41) is 129. The minimum absolute atomic E-state index is 0.0256. The number of esters is 1. The molecule has 9 rings (SSSR count). The molecule has 0 amide bonds. The van der Waals surface area contributed by atoms with Gasteiger partial charge in [-0.2, -0.15) is 0 Å². The van der Waals surface area contributed by atoms with Crippen molar-refractivity contribution in [3.05, 3.63) is 11.6 Å². The summed E-state index contributed by atoms with van der Waals surface area (Å²) in [5.41, 5.74) is 0.969. The van der Waals surface area contributed by atoms with Crippen LogP contribution in [0.3, 0.4) is 0 Å². The van der Waals surface area contributed by atoms with Crippen LogP contribution < -0.4 is 0 Å². The second-order valence-corrected chi connectivity index (χ2v) is 25.9. The zero-order valence-electron chi connectivity index (χ0n) is 45.9.